The zero-order valence-corrected chi connectivity index (χ0v) is 22.7. The van der Waals surface area contributed by atoms with Crippen molar-refractivity contribution in [1.29, 1.82) is 0 Å². The lowest BCUT2D eigenvalue weighted by molar-refractivity contribution is 0.0111. The van der Waals surface area contributed by atoms with Crippen LogP contribution in [0.25, 0.3) is 0 Å². The fourth-order valence-electron chi connectivity index (χ4n) is 4.76. The Kier molecular flexibility index (Phi) is 9.25. The zero-order valence-electron chi connectivity index (χ0n) is 21.1. The van der Waals surface area contributed by atoms with E-state index < -0.39 is 6.09 Å². The summed E-state index contributed by atoms with van der Waals surface area (Å²) in [5.41, 5.74) is 6.00. The summed E-state index contributed by atoms with van der Waals surface area (Å²) < 4.78 is 28.1. The van der Waals surface area contributed by atoms with Crippen LogP contribution in [0.4, 0.5) is 10.5 Å². The number of aliphatic imine (C=N–C) groups is 1. The molecule has 3 unspecified atom stereocenters. The molecule has 3 atom stereocenters. The van der Waals surface area contributed by atoms with Gasteiger partial charge in [-0.15, -0.1) is 0 Å². The quantitative estimate of drug-likeness (QED) is 0.386. The van der Waals surface area contributed by atoms with Gasteiger partial charge in [0, 0.05) is 4.47 Å². The minimum atomic E-state index is -0.524. The Hall–Kier alpha value is -2.86. The van der Waals surface area contributed by atoms with Crippen molar-refractivity contribution in [2.24, 2.45) is 10.9 Å². The van der Waals surface area contributed by atoms with Gasteiger partial charge in [-0.05, 0) is 47.4 Å². The Bertz CT molecular complexity index is 1130. The highest BCUT2D eigenvalue weighted by Gasteiger charge is 2.52. The highest BCUT2D eigenvalue weighted by molar-refractivity contribution is 9.10. The normalized spacial score (nSPS) is 20.9. The fourth-order valence-corrected chi connectivity index (χ4v) is 5.15. The Morgan fingerprint density at radius 2 is 1.70 bits per heavy atom. The van der Waals surface area contributed by atoms with Crippen molar-refractivity contribution in [2.75, 3.05) is 53.9 Å². The van der Waals surface area contributed by atoms with Crippen LogP contribution in [0.15, 0.2) is 45.9 Å². The molecule has 2 aliphatic rings. The molecule has 2 aromatic rings. The van der Waals surface area contributed by atoms with Gasteiger partial charge in [-0.1, -0.05) is 28.9 Å². The lowest BCUT2D eigenvalue weighted by Gasteiger charge is -2.23. The van der Waals surface area contributed by atoms with Crippen LogP contribution >= 0.6 is 15.9 Å². The van der Waals surface area contributed by atoms with E-state index in [1.165, 1.54) is 5.01 Å². The number of hydrazine groups is 1. The Balaban J connectivity index is 1.55. The molecule has 0 spiro atoms. The molecule has 2 N–H and O–H groups in total. The molecule has 2 aromatic carbocycles. The molecule has 0 aromatic heterocycles. The van der Waals surface area contributed by atoms with Gasteiger partial charge in [-0.25, -0.2) is 14.8 Å². The number of ether oxygens (including phenoxy) is 5. The molecule has 1 heterocycles. The number of aliphatic hydroxyl groups excluding tert-OH is 1. The summed E-state index contributed by atoms with van der Waals surface area (Å²) in [6, 6.07) is 11.3. The van der Waals surface area contributed by atoms with E-state index in [4.69, 9.17) is 33.8 Å². The monoisotopic (exact) mass is 577 g/mol. The molecule has 4 rings (SSSR count). The van der Waals surface area contributed by atoms with Crippen LogP contribution < -0.4 is 14.9 Å². The van der Waals surface area contributed by atoms with Crippen LogP contribution in [-0.2, 0) is 14.2 Å². The van der Waals surface area contributed by atoms with Crippen LogP contribution in [0.5, 0.6) is 11.5 Å². The number of aliphatic hydroxyl groups is 1. The minimum Gasteiger partial charge on any atom is -0.493 e. The molecule has 200 valence electrons. The molecule has 0 radical (unpaired) electrons. The highest BCUT2D eigenvalue weighted by atomic mass is 79.9. The number of methoxy groups -OCH3 is 2. The Morgan fingerprint density at radius 3 is 2.38 bits per heavy atom. The van der Waals surface area contributed by atoms with Crippen molar-refractivity contribution in [3.05, 3.63) is 52.0 Å². The van der Waals surface area contributed by atoms with E-state index in [1.54, 1.807) is 14.2 Å². The van der Waals surface area contributed by atoms with E-state index in [1.807, 2.05) is 36.4 Å². The van der Waals surface area contributed by atoms with Crippen LogP contribution in [0, 0.1) is 5.92 Å². The molecular formula is C26H32BrN3O7. The Labute approximate surface area is 224 Å². The van der Waals surface area contributed by atoms with Crippen LogP contribution in [0.2, 0.25) is 0 Å². The van der Waals surface area contributed by atoms with Crippen LogP contribution in [-0.4, -0.2) is 75.9 Å². The van der Waals surface area contributed by atoms with E-state index in [0.29, 0.717) is 30.5 Å². The maximum atomic E-state index is 13.2. The molecule has 0 saturated carbocycles. The number of nitrogens with zero attached hydrogens (tertiary/aromatic N) is 2. The smallest absolute Gasteiger partial charge is 0.429 e. The first-order chi connectivity index (χ1) is 18.0. The van der Waals surface area contributed by atoms with Crippen LogP contribution in [0.1, 0.15) is 30.0 Å². The van der Waals surface area contributed by atoms with E-state index >= 15 is 0 Å². The topological polar surface area (TPSA) is 111 Å². The second kappa shape index (κ2) is 12.6. The fraction of sp³-hybridized carbons (Fsp3) is 0.462. The van der Waals surface area contributed by atoms with E-state index in [-0.39, 0.29) is 44.3 Å². The summed E-state index contributed by atoms with van der Waals surface area (Å²) in [6.45, 7) is 3.38. The van der Waals surface area contributed by atoms with E-state index in [2.05, 4.69) is 28.3 Å². The summed E-state index contributed by atoms with van der Waals surface area (Å²) in [4.78, 5) is 18.1. The molecule has 1 aliphatic carbocycles. The summed E-state index contributed by atoms with van der Waals surface area (Å²) in [6.07, 6.45) is -0.524. The molecule has 1 aliphatic heterocycles. The third-order valence-corrected chi connectivity index (χ3v) is 6.91. The number of benzene rings is 2. The third kappa shape index (κ3) is 6.01. The number of carbonyl (C=O) groups is 1. The number of rotatable bonds is 11. The van der Waals surface area contributed by atoms with Gasteiger partial charge in [-0.3, -0.25) is 5.43 Å². The molecule has 10 nitrogen and oxygen atoms in total. The van der Waals surface area contributed by atoms with Gasteiger partial charge in [0.2, 0.25) is 0 Å². The van der Waals surface area contributed by atoms with Gasteiger partial charge < -0.3 is 28.8 Å². The molecule has 1 fully saturated rings. The van der Waals surface area contributed by atoms with Gasteiger partial charge in [0.15, 0.2) is 11.5 Å². The molecular weight excluding hydrogens is 546 g/mol. The first kappa shape index (κ1) is 27.2. The van der Waals surface area contributed by atoms with Crippen LogP contribution in [0.3, 0.4) is 0 Å². The summed E-state index contributed by atoms with van der Waals surface area (Å²) in [5.74, 6) is 1.85. The average Bonchev–Trinajstić information content (AvgIpc) is 3.40. The molecule has 1 amide bonds. The van der Waals surface area contributed by atoms with Crippen molar-refractivity contribution in [2.45, 2.75) is 18.9 Å². The predicted molar refractivity (Wildman–Crippen MR) is 140 cm³/mol. The van der Waals surface area contributed by atoms with Crippen molar-refractivity contribution < 1.29 is 33.6 Å². The zero-order chi connectivity index (χ0) is 26.4. The van der Waals surface area contributed by atoms with Gasteiger partial charge in [0.05, 0.1) is 64.9 Å². The number of nitrogens with one attached hydrogen (secondary N) is 1. The number of hydrogen-bond donors (Lipinski definition) is 2. The van der Waals surface area contributed by atoms with Crippen molar-refractivity contribution >= 4 is 33.5 Å². The largest absolute Gasteiger partial charge is 0.493 e. The standard InChI is InChI=1S/C26H32BrN3O7/c1-16-19-14-21(33-2)22(34-3)15-20(19)24-23(16)25(28-18-6-4-5-17(27)13-18)29-30(24)26(32)37-12-11-36-10-9-35-8-7-31/h4-6,13-16,23-24,31H,7-12H2,1-3H3,(H,28,29). The molecule has 0 bridgehead atoms. The highest BCUT2D eigenvalue weighted by Crippen LogP contribution is 2.53. The number of fused-ring (bicyclic) bond motifs is 3. The number of hydrogen-bond acceptors (Lipinski definition) is 8. The number of carbonyl (C=O) groups excluding carboxylic acids is 1. The van der Waals surface area contributed by atoms with Crippen molar-refractivity contribution in [3.63, 3.8) is 0 Å². The van der Waals surface area contributed by atoms with E-state index in [9.17, 15) is 4.79 Å². The maximum absolute atomic E-state index is 13.2. The molecule has 1 saturated heterocycles. The lowest BCUT2D eigenvalue weighted by Crippen LogP contribution is -2.41. The lowest BCUT2D eigenvalue weighted by atomic mass is 9.92. The SMILES string of the molecule is COc1cc2c(cc1OC)C1C(C(=Nc3cccc(Br)c3)NN1C(=O)OCCOCCOCCO)C2C. The number of halogens is 1. The van der Waals surface area contributed by atoms with Crippen molar-refractivity contribution in [3.8, 4) is 11.5 Å². The first-order valence-corrected chi connectivity index (χ1v) is 12.9. The summed E-state index contributed by atoms with van der Waals surface area (Å²) in [7, 11) is 3.20. The Morgan fingerprint density at radius 1 is 1.03 bits per heavy atom. The van der Waals surface area contributed by atoms with Gasteiger partial charge in [0.25, 0.3) is 0 Å². The summed E-state index contributed by atoms with van der Waals surface area (Å²) in [5, 5.41) is 10.2. The summed E-state index contributed by atoms with van der Waals surface area (Å²) >= 11 is 3.50. The number of amidine groups is 1. The predicted octanol–water partition coefficient (Wildman–Crippen LogP) is 3.95. The maximum Gasteiger partial charge on any atom is 0.429 e. The second-order valence-corrected chi connectivity index (χ2v) is 9.53. The minimum absolute atomic E-state index is 0.0319. The van der Waals surface area contributed by atoms with Crippen molar-refractivity contribution in [1.82, 2.24) is 10.4 Å². The van der Waals surface area contributed by atoms with E-state index in [0.717, 1.165) is 21.3 Å². The van der Waals surface area contributed by atoms with Gasteiger partial charge >= 0.3 is 6.09 Å². The van der Waals surface area contributed by atoms with Gasteiger partial charge in [0.1, 0.15) is 12.4 Å². The second-order valence-electron chi connectivity index (χ2n) is 8.62. The molecule has 37 heavy (non-hydrogen) atoms. The van der Waals surface area contributed by atoms with Gasteiger partial charge in [-0.2, -0.15) is 0 Å². The third-order valence-electron chi connectivity index (χ3n) is 6.42. The average molecular weight is 578 g/mol. The first-order valence-electron chi connectivity index (χ1n) is 12.1. The number of amides is 1. The molecule has 11 heteroatoms.